The lowest BCUT2D eigenvalue weighted by Gasteiger charge is -2.25. The van der Waals surface area contributed by atoms with Gasteiger partial charge in [-0.2, -0.15) is 0 Å². The first-order valence-electron chi connectivity index (χ1n) is 11.6. The number of nitrogens with one attached hydrogen (secondary N) is 1. The van der Waals surface area contributed by atoms with Gasteiger partial charge in [0.1, 0.15) is 12.3 Å². The molecule has 1 atom stereocenters. The van der Waals surface area contributed by atoms with Gasteiger partial charge in [0.25, 0.3) is 10.0 Å². The molecule has 204 valence electrons. The van der Waals surface area contributed by atoms with E-state index in [0.717, 1.165) is 9.87 Å². The standard InChI is InChI=1S/C27H32N2O8S/c1-18(19-7-13-23(34-3)25(15-19)36-5)28-27(30)17-29(20-8-10-21(33-2)11-9-20)38(31,32)22-12-14-24(35-4)26(16-22)37-6/h7-16,18H,17H2,1-6H3,(H,28,30)/t18-/m0/s1. The fourth-order valence-electron chi connectivity index (χ4n) is 3.79. The van der Waals surface area contributed by atoms with Gasteiger partial charge in [-0.1, -0.05) is 6.07 Å². The van der Waals surface area contributed by atoms with Crippen LogP contribution in [0.4, 0.5) is 5.69 Å². The lowest BCUT2D eigenvalue weighted by atomic mass is 10.1. The molecule has 0 aromatic heterocycles. The van der Waals surface area contributed by atoms with Gasteiger partial charge in [-0.05, 0) is 61.0 Å². The van der Waals surface area contributed by atoms with Crippen LogP contribution >= 0.6 is 0 Å². The summed E-state index contributed by atoms with van der Waals surface area (Å²) >= 11 is 0. The van der Waals surface area contributed by atoms with Crippen molar-refractivity contribution >= 4 is 21.6 Å². The zero-order chi connectivity index (χ0) is 27.9. The van der Waals surface area contributed by atoms with Crippen molar-refractivity contribution in [3.05, 3.63) is 66.2 Å². The summed E-state index contributed by atoms with van der Waals surface area (Å²) in [6.45, 7) is 1.32. The molecular formula is C27H32N2O8S. The molecule has 0 spiro atoms. The topological polar surface area (TPSA) is 113 Å². The van der Waals surface area contributed by atoms with Gasteiger partial charge in [-0.3, -0.25) is 9.10 Å². The molecule has 3 aromatic carbocycles. The van der Waals surface area contributed by atoms with Gasteiger partial charge in [0.05, 0.1) is 52.2 Å². The summed E-state index contributed by atoms with van der Waals surface area (Å²) in [5.74, 6) is 1.73. The Balaban J connectivity index is 1.93. The van der Waals surface area contributed by atoms with E-state index in [-0.39, 0.29) is 16.3 Å². The third-order valence-corrected chi connectivity index (χ3v) is 7.65. The molecule has 0 bridgehead atoms. The molecule has 0 heterocycles. The van der Waals surface area contributed by atoms with Gasteiger partial charge in [0.2, 0.25) is 5.91 Å². The van der Waals surface area contributed by atoms with Gasteiger partial charge in [-0.25, -0.2) is 8.42 Å². The predicted molar refractivity (Wildman–Crippen MR) is 143 cm³/mol. The summed E-state index contributed by atoms with van der Waals surface area (Å²) in [7, 11) is 3.26. The molecule has 1 amide bonds. The summed E-state index contributed by atoms with van der Waals surface area (Å²) in [4.78, 5) is 13.1. The minimum atomic E-state index is -4.19. The lowest BCUT2D eigenvalue weighted by Crippen LogP contribution is -2.41. The van der Waals surface area contributed by atoms with Crippen molar-refractivity contribution in [1.29, 1.82) is 0 Å². The summed E-state index contributed by atoms with van der Waals surface area (Å²) in [5.41, 5.74) is 1.05. The first-order chi connectivity index (χ1) is 18.2. The Morgan fingerprint density at radius 3 is 1.87 bits per heavy atom. The number of methoxy groups -OCH3 is 5. The van der Waals surface area contributed by atoms with Gasteiger partial charge in [-0.15, -0.1) is 0 Å². The summed E-state index contributed by atoms with van der Waals surface area (Å²) < 4.78 is 54.9. The molecule has 0 fully saturated rings. The molecule has 0 aliphatic rings. The van der Waals surface area contributed by atoms with Crippen molar-refractivity contribution in [2.75, 3.05) is 46.4 Å². The maximum atomic E-state index is 13.8. The minimum absolute atomic E-state index is 0.0632. The Hall–Kier alpha value is -4.12. The van der Waals surface area contributed by atoms with E-state index in [0.29, 0.717) is 23.0 Å². The van der Waals surface area contributed by atoms with Crippen LogP contribution in [0.15, 0.2) is 65.6 Å². The van der Waals surface area contributed by atoms with Crippen molar-refractivity contribution in [3.63, 3.8) is 0 Å². The summed E-state index contributed by atoms with van der Waals surface area (Å²) in [6, 6.07) is 15.5. The normalized spacial score (nSPS) is 11.7. The molecule has 0 radical (unpaired) electrons. The molecule has 11 heteroatoms. The second-order valence-corrected chi connectivity index (χ2v) is 9.99. The van der Waals surface area contributed by atoms with Gasteiger partial charge < -0.3 is 29.0 Å². The van der Waals surface area contributed by atoms with E-state index in [1.165, 1.54) is 53.7 Å². The van der Waals surface area contributed by atoms with Crippen LogP contribution in [0.2, 0.25) is 0 Å². The number of carbonyl (C=O) groups excluding carboxylic acids is 1. The number of anilines is 1. The van der Waals surface area contributed by atoms with Gasteiger partial charge in [0.15, 0.2) is 23.0 Å². The maximum Gasteiger partial charge on any atom is 0.264 e. The largest absolute Gasteiger partial charge is 0.497 e. The third-order valence-electron chi connectivity index (χ3n) is 5.88. The third kappa shape index (κ3) is 6.23. The molecule has 3 rings (SSSR count). The number of hydrogen-bond donors (Lipinski definition) is 1. The van der Waals surface area contributed by atoms with Crippen LogP contribution < -0.4 is 33.3 Å². The monoisotopic (exact) mass is 544 g/mol. The summed E-state index contributed by atoms with van der Waals surface area (Å²) in [6.07, 6.45) is 0. The molecule has 0 saturated heterocycles. The fraction of sp³-hybridized carbons (Fsp3) is 0.296. The molecule has 10 nitrogen and oxygen atoms in total. The Labute approximate surface area is 223 Å². The number of hydrogen-bond acceptors (Lipinski definition) is 8. The highest BCUT2D eigenvalue weighted by Crippen LogP contribution is 2.33. The van der Waals surface area contributed by atoms with Crippen LogP contribution in [0.25, 0.3) is 0 Å². The van der Waals surface area contributed by atoms with Crippen molar-refractivity contribution in [3.8, 4) is 28.7 Å². The predicted octanol–water partition coefficient (Wildman–Crippen LogP) is 3.80. The summed E-state index contributed by atoms with van der Waals surface area (Å²) in [5, 5.41) is 2.86. The Kier molecular flexibility index (Phi) is 9.30. The first kappa shape index (κ1) is 28.5. The Morgan fingerprint density at radius 1 is 0.763 bits per heavy atom. The van der Waals surface area contributed by atoms with Gasteiger partial charge in [0, 0.05) is 6.07 Å². The highest BCUT2D eigenvalue weighted by atomic mass is 32.2. The fourth-order valence-corrected chi connectivity index (χ4v) is 5.23. The SMILES string of the molecule is COc1ccc(N(CC(=O)N[C@@H](C)c2ccc(OC)c(OC)c2)S(=O)(=O)c2ccc(OC)c(OC)c2)cc1. The minimum Gasteiger partial charge on any atom is -0.497 e. The molecular weight excluding hydrogens is 512 g/mol. The molecule has 3 aromatic rings. The van der Waals surface area contributed by atoms with Crippen LogP contribution in [0.5, 0.6) is 28.7 Å². The van der Waals surface area contributed by atoms with E-state index < -0.39 is 28.5 Å². The number of amides is 1. The number of carbonyl (C=O) groups is 1. The highest BCUT2D eigenvalue weighted by molar-refractivity contribution is 7.92. The van der Waals surface area contributed by atoms with E-state index in [1.54, 1.807) is 49.4 Å². The highest BCUT2D eigenvalue weighted by Gasteiger charge is 2.29. The number of ether oxygens (including phenoxy) is 5. The van der Waals surface area contributed by atoms with E-state index in [2.05, 4.69) is 5.32 Å². The Morgan fingerprint density at radius 2 is 1.32 bits per heavy atom. The van der Waals surface area contributed by atoms with E-state index >= 15 is 0 Å². The molecule has 0 aliphatic heterocycles. The average molecular weight is 545 g/mol. The smallest absolute Gasteiger partial charge is 0.264 e. The number of nitrogens with zero attached hydrogens (tertiary/aromatic N) is 1. The van der Waals surface area contributed by atoms with Crippen LogP contribution in [0, 0.1) is 0 Å². The zero-order valence-corrected chi connectivity index (χ0v) is 23.0. The van der Waals surface area contributed by atoms with Crippen LogP contribution in [-0.4, -0.2) is 56.4 Å². The average Bonchev–Trinajstić information content (AvgIpc) is 2.94. The van der Waals surface area contributed by atoms with Crippen molar-refractivity contribution < 1.29 is 36.9 Å². The first-order valence-corrected chi connectivity index (χ1v) is 13.0. The maximum absolute atomic E-state index is 13.8. The van der Waals surface area contributed by atoms with Crippen molar-refractivity contribution in [1.82, 2.24) is 5.32 Å². The quantitative estimate of drug-likeness (QED) is 0.366. The van der Waals surface area contributed by atoms with Crippen LogP contribution in [0.3, 0.4) is 0 Å². The molecule has 0 saturated carbocycles. The van der Waals surface area contributed by atoms with Crippen molar-refractivity contribution in [2.24, 2.45) is 0 Å². The Bertz CT molecular complexity index is 1360. The molecule has 38 heavy (non-hydrogen) atoms. The number of benzene rings is 3. The van der Waals surface area contributed by atoms with Crippen molar-refractivity contribution in [2.45, 2.75) is 17.9 Å². The number of rotatable bonds is 12. The molecule has 1 N–H and O–H groups in total. The van der Waals surface area contributed by atoms with Crippen LogP contribution in [0.1, 0.15) is 18.5 Å². The second kappa shape index (κ2) is 12.4. The zero-order valence-electron chi connectivity index (χ0n) is 22.2. The second-order valence-electron chi connectivity index (χ2n) is 8.13. The van der Waals surface area contributed by atoms with E-state index in [4.69, 9.17) is 23.7 Å². The van der Waals surface area contributed by atoms with E-state index in [9.17, 15) is 13.2 Å². The lowest BCUT2D eigenvalue weighted by molar-refractivity contribution is -0.120. The molecule has 0 unspecified atom stereocenters. The molecule has 0 aliphatic carbocycles. The van der Waals surface area contributed by atoms with Crippen LogP contribution in [-0.2, 0) is 14.8 Å². The van der Waals surface area contributed by atoms with Gasteiger partial charge >= 0.3 is 0 Å². The number of sulfonamides is 1. The van der Waals surface area contributed by atoms with E-state index in [1.807, 2.05) is 0 Å².